The fourth-order valence-electron chi connectivity index (χ4n) is 3.87. The maximum absolute atomic E-state index is 12.8. The van der Waals surface area contributed by atoms with Crippen LogP contribution in [0.2, 0.25) is 0 Å². The van der Waals surface area contributed by atoms with Crippen LogP contribution in [0.15, 0.2) is 52.3 Å². The van der Waals surface area contributed by atoms with Gasteiger partial charge in [-0.3, -0.25) is 14.4 Å². The summed E-state index contributed by atoms with van der Waals surface area (Å²) in [5.74, 6) is -0.671. The van der Waals surface area contributed by atoms with Crippen LogP contribution in [0.4, 0.5) is 5.69 Å². The van der Waals surface area contributed by atoms with Gasteiger partial charge in [0.15, 0.2) is 9.84 Å². The first-order valence-corrected chi connectivity index (χ1v) is 11.2. The largest absolute Gasteiger partial charge is 0.494 e. The maximum Gasteiger partial charge on any atom is 0.271 e. The number of rotatable bonds is 3. The lowest BCUT2D eigenvalue weighted by molar-refractivity contribution is 0.379. The quantitative estimate of drug-likeness (QED) is 0.653. The van der Waals surface area contributed by atoms with Crippen molar-refractivity contribution in [1.29, 1.82) is 5.26 Å². The zero-order valence-electron chi connectivity index (χ0n) is 16.2. The van der Waals surface area contributed by atoms with Gasteiger partial charge in [0.1, 0.15) is 11.6 Å². The van der Waals surface area contributed by atoms with Crippen molar-refractivity contribution in [3.05, 3.63) is 69.5 Å². The second-order valence-electron chi connectivity index (χ2n) is 7.34. The highest BCUT2D eigenvalue weighted by atomic mass is 32.2. The summed E-state index contributed by atoms with van der Waals surface area (Å²) in [6, 6.07) is 14.6. The highest BCUT2D eigenvalue weighted by Gasteiger charge is 2.33. The standard InChI is InChI=1S/C22H19N3O4S/c1-14-18(11-23)21(26)25(16-9-10-30(28,29)13-16)22(27)19(14)12-24-20-8-4-6-15-5-2-3-7-17(15)20/h2-8,12,16,27H,9-10,13H2,1H3/t16-/m0/s1. The van der Waals surface area contributed by atoms with Gasteiger partial charge in [0.05, 0.1) is 28.8 Å². The highest BCUT2D eigenvalue weighted by molar-refractivity contribution is 7.91. The Balaban J connectivity index is 1.88. The van der Waals surface area contributed by atoms with E-state index in [0.717, 1.165) is 15.3 Å². The summed E-state index contributed by atoms with van der Waals surface area (Å²) < 4.78 is 24.8. The minimum atomic E-state index is -3.29. The van der Waals surface area contributed by atoms with Gasteiger partial charge in [-0.2, -0.15) is 5.26 Å². The smallest absolute Gasteiger partial charge is 0.271 e. The predicted octanol–water partition coefficient (Wildman–Crippen LogP) is 3.00. The van der Waals surface area contributed by atoms with Crippen LogP contribution in [-0.2, 0) is 9.84 Å². The predicted molar refractivity (Wildman–Crippen MR) is 115 cm³/mol. The summed E-state index contributed by atoms with van der Waals surface area (Å²) in [7, 11) is -3.29. The Labute approximate surface area is 173 Å². The summed E-state index contributed by atoms with van der Waals surface area (Å²) >= 11 is 0. The number of pyridine rings is 1. The summed E-state index contributed by atoms with van der Waals surface area (Å²) in [6.45, 7) is 1.57. The number of nitriles is 1. The third-order valence-electron chi connectivity index (χ3n) is 5.47. The maximum atomic E-state index is 12.8. The van der Waals surface area contributed by atoms with Crippen LogP contribution in [-0.4, -0.2) is 35.8 Å². The lowest BCUT2D eigenvalue weighted by Crippen LogP contribution is -2.29. The molecule has 7 nitrogen and oxygen atoms in total. The van der Waals surface area contributed by atoms with Gasteiger partial charge < -0.3 is 5.11 Å². The first-order valence-electron chi connectivity index (χ1n) is 9.43. The van der Waals surface area contributed by atoms with Gasteiger partial charge in [-0.15, -0.1) is 0 Å². The number of nitrogens with zero attached hydrogens (tertiary/aromatic N) is 3. The number of aromatic nitrogens is 1. The van der Waals surface area contributed by atoms with Crippen molar-refractivity contribution in [2.24, 2.45) is 4.99 Å². The van der Waals surface area contributed by atoms with E-state index in [2.05, 4.69) is 4.99 Å². The van der Waals surface area contributed by atoms with Gasteiger partial charge in [-0.1, -0.05) is 36.4 Å². The molecular weight excluding hydrogens is 402 g/mol. The molecule has 30 heavy (non-hydrogen) atoms. The van der Waals surface area contributed by atoms with Gasteiger partial charge in [0, 0.05) is 11.6 Å². The average Bonchev–Trinajstić information content (AvgIpc) is 3.07. The molecule has 0 saturated carbocycles. The summed E-state index contributed by atoms with van der Waals surface area (Å²) in [5.41, 5.74) is 0.393. The summed E-state index contributed by atoms with van der Waals surface area (Å²) in [4.78, 5) is 17.3. The van der Waals surface area contributed by atoms with E-state index in [9.17, 15) is 23.6 Å². The topological polar surface area (TPSA) is 113 Å². The zero-order chi connectivity index (χ0) is 21.5. The highest BCUT2D eigenvalue weighted by Crippen LogP contribution is 2.31. The Hall–Kier alpha value is -3.44. The van der Waals surface area contributed by atoms with Crippen LogP contribution in [0.1, 0.15) is 29.2 Å². The van der Waals surface area contributed by atoms with Gasteiger partial charge in [-0.25, -0.2) is 8.42 Å². The molecule has 0 unspecified atom stereocenters. The normalized spacial score (nSPS) is 18.1. The SMILES string of the molecule is Cc1c(C=Nc2cccc3ccccc23)c(O)n([C@H]2CCS(=O)(=O)C2)c(=O)c1C#N. The van der Waals surface area contributed by atoms with Crippen molar-refractivity contribution < 1.29 is 13.5 Å². The van der Waals surface area contributed by atoms with E-state index in [4.69, 9.17) is 0 Å². The molecule has 0 radical (unpaired) electrons. The van der Waals surface area contributed by atoms with Gasteiger partial charge >= 0.3 is 0 Å². The summed E-state index contributed by atoms with van der Waals surface area (Å²) in [6.07, 6.45) is 1.64. The second kappa shape index (κ2) is 7.43. The number of benzene rings is 2. The number of sulfone groups is 1. The molecule has 3 aromatic rings. The molecule has 2 heterocycles. The Morgan fingerprint density at radius 3 is 2.67 bits per heavy atom. The molecule has 0 aliphatic carbocycles. The number of aromatic hydroxyl groups is 1. The molecule has 1 atom stereocenters. The van der Waals surface area contributed by atoms with Crippen LogP contribution < -0.4 is 5.56 Å². The number of fused-ring (bicyclic) bond motifs is 1. The molecular formula is C22H19N3O4S. The van der Waals surface area contributed by atoms with Gasteiger partial charge in [0.2, 0.25) is 5.88 Å². The Morgan fingerprint density at radius 2 is 1.97 bits per heavy atom. The monoisotopic (exact) mass is 421 g/mol. The molecule has 1 fully saturated rings. The number of hydrogen-bond acceptors (Lipinski definition) is 6. The first-order chi connectivity index (χ1) is 14.3. The Kier molecular flexibility index (Phi) is 4.92. The van der Waals surface area contributed by atoms with Crippen molar-refractivity contribution in [1.82, 2.24) is 4.57 Å². The molecule has 1 aliphatic rings. The van der Waals surface area contributed by atoms with Crippen LogP contribution in [0, 0.1) is 18.3 Å². The van der Waals surface area contributed by atoms with Gasteiger partial charge in [0.25, 0.3) is 5.56 Å². The molecule has 4 rings (SSSR count). The van der Waals surface area contributed by atoms with Crippen molar-refractivity contribution in [2.75, 3.05) is 11.5 Å². The van der Waals surface area contributed by atoms with Crippen molar-refractivity contribution in [2.45, 2.75) is 19.4 Å². The molecule has 1 N–H and O–H groups in total. The van der Waals surface area contributed by atoms with E-state index >= 15 is 0 Å². The number of hydrogen-bond donors (Lipinski definition) is 1. The molecule has 8 heteroatoms. The van der Waals surface area contributed by atoms with Gasteiger partial charge in [-0.05, 0) is 30.4 Å². The Morgan fingerprint density at radius 1 is 1.23 bits per heavy atom. The molecule has 0 amide bonds. The molecule has 2 aromatic carbocycles. The molecule has 0 bridgehead atoms. The van der Waals surface area contributed by atoms with Crippen LogP contribution in [0.3, 0.4) is 0 Å². The Bertz CT molecular complexity index is 1390. The molecule has 0 spiro atoms. The van der Waals surface area contributed by atoms with E-state index in [0.29, 0.717) is 11.3 Å². The lowest BCUT2D eigenvalue weighted by Gasteiger charge is -2.18. The molecule has 1 saturated heterocycles. The van der Waals surface area contributed by atoms with E-state index in [1.807, 2.05) is 48.5 Å². The fraction of sp³-hybridized carbons (Fsp3) is 0.227. The van der Waals surface area contributed by atoms with Crippen LogP contribution >= 0.6 is 0 Å². The molecule has 152 valence electrons. The van der Waals surface area contributed by atoms with Crippen LogP contribution in [0.25, 0.3) is 10.8 Å². The second-order valence-corrected chi connectivity index (χ2v) is 9.57. The minimum Gasteiger partial charge on any atom is -0.494 e. The van der Waals surface area contributed by atoms with Crippen molar-refractivity contribution in [3.63, 3.8) is 0 Å². The summed E-state index contributed by atoms with van der Waals surface area (Å²) in [5, 5.41) is 22.3. The number of aliphatic imine (C=N–C) groups is 1. The van der Waals surface area contributed by atoms with E-state index in [1.54, 1.807) is 6.92 Å². The minimum absolute atomic E-state index is 0.0568. The van der Waals surface area contributed by atoms with Crippen molar-refractivity contribution in [3.8, 4) is 11.9 Å². The average molecular weight is 421 g/mol. The lowest BCUT2D eigenvalue weighted by atomic mass is 10.0. The van der Waals surface area contributed by atoms with E-state index in [-0.39, 0.29) is 34.9 Å². The first kappa shape index (κ1) is 19.9. The molecule has 1 aromatic heterocycles. The van der Waals surface area contributed by atoms with Crippen molar-refractivity contribution >= 4 is 32.5 Å². The third-order valence-corrected chi connectivity index (χ3v) is 7.22. The third kappa shape index (κ3) is 3.37. The molecule has 1 aliphatic heterocycles. The van der Waals surface area contributed by atoms with E-state index in [1.165, 1.54) is 6.21 Å². The van der Waals surface area contributed by atoms with Crippen LogP contribution in [0.5, 0.6) is 5.88 Å². The van der Waals surface area contributed by atoms with E-state index < -0.39 is 21.4 Å². The zero-order valence-corrected chi connectivity index (χ0v) is 17.1. The fourth-order valence-corrected chi connectivity index (χ4v) is 5.57.